The number of thioether (sulfide) groups is 1. The van der Waals surface area contributed by atoms with Gasteiger partial charge in [0, 0.05) is 23.4 Å². The number of benzene rings is 1. The number of β-lactam (4-membered cyclic amide) rings is 1. The Morgan fingerprint density at radius 1 is 1.31 bits per heavy atom. The number of fused-ring (bicyclic) bond motifs is 1. The third-order valence-electron chi connectivity index (χ3n) is 4.74. The van der Waals surface area contributed by atoms with E-state index < -0.39 is 6.04 Å². The molecule has 2 heterocycles. The highest BCUT2D eigenvalue weighted by Crippen LogP contribution is 2.44. The van der Waals surface area contributed by atoms with Gasteiger partial charge >= 0.3 is 0 Å². The van der Waals surface area contributed by atoms with Gasteiger partial charge in [-0.2, -0.15) is 0 Å². The Bertz CT molecular complexity index is 798. The molecule has 3 rings (SSSR count). The molecule has 1 aromatic rings. The number of para-hydroxylation sites is 1. The summed E-state index contributed by atoms with van der Waals surface area (Å²) in [7, 11) is 0. The van der Waals surface area contributed by atoms with Crippen molar-refractivity contribution in [2.24, 2.45) is 16.8 Å². The Kier molecular flexibility index (Phi) is 5.23. The summed E-state index contributed by atoms with van der Waals surface area (Å²) in [6.45, 7) is 7.84. The quantitative estimate of drug-likeness (QED) is 0.636. The van der Waals surface area contributed by atoms with Crippen LogP contribution in [0, 0.1) is 11.8 Å². The molecule has 0 aliphatic carbocycles. The van der Waals surface area contributed by atoms with Gasteiger partial charge < -0.3 is 5.11 Å². The Balaban J connectivity index is 1.87. The summed E-state index contributed by atoms with van der Waals surface area (Å²) in [6.07, 6.45) is 1.54. The molecular weight excluding hydrogens is 348 g/mol. The van der Waals surface area contributed by atoms with Crippen LogP contribution in [-0.2, 0) is 9.59 Å². The standard InChI is InChI=1S/C20H24N2O3S/c1-11(2)14-10-26-20-16(21-9-13-7-5-6-8-15(13)23)19(25)22(20)17(14)18(24)12(3)4/h5-9,11-12,16,20,23H,10H2,1-4H3/t16-,20-/m1/s1. The van der Waals surface area contributed by atoms with Gasteiger partial charge in [-0.05, 0) is 23.6 Å². The molecule has 5 nitrogen and oxygen atoms in total. The topological polar surface area (TPSA) is 70.0 Å². The van der Waals surface area contributed by atoms with Gasteiger partial charge in [0.25, 0.3) is 5.91 Å². The zero-order valence-electron chi connectivity index (χ0n) is 15.5. The molecule has 0 aromatic heterocycles. The number of aromatic hydroxyl groups is 1. The lowest BCUT2D eigenvalue weighted by Gasteiger charge is -2.49. The van der Waals surface area contributed by atoms with Gasteiger partial charge in [0.1, 0.15) is 11.1 Å². The Morgan fingerprint density at radius 2 is 2.00 bits per heavy atom. The van der Waals surface area contributed by atoms with E-state index in [2.05, 4.69) is 18.8 Å². The first-order valence-electron chi connectivity index (χ1n) is 8.86. The number of hydrogen-bond acceptors (Lipinski definition) is 5. The molecule has 6 heteroatoms. The maximum Gasteiger partial charge on any atom is 0.256 e. The first-order valence-corrected chi connectivity index (χ1v) is 9.91. The molecule has 2 aliphatic heterocycles. The van der Waals surface area contributed by atoms with Crippen molar-refractivity contribution in [3.05, 3.63) is 41.1 Å². The van der Waals surface area contributed by atoms with Crippen LogP contribution in [0.4, 0.5) is 0 Å². The number of ketones is 1. The van der Waals surface area contributed by atoms with Gasteiger partial charge in [-0.25, -0.2) is 0 Å². The predicted octanol–water partition coefficient (Wildman–Crippen LogP) is 3.23. The normalized spacial score (nSPS) is 23.0. The molecule has 0 bridgehead atoms. The van der Waals surface area contributed by atoms with Crippen molar-refractivity contribution < 1.29 is 14.7 Å². The van der Waals surface area contributed by atoms with E-state index in [9.17, 15) is 14.7 Å². The Hall–Kier alpha value is -2.08. The second-order valence-corrected chi connectivity index (χ2v) is 8.34. The van der Waals surface area contributed by atoms with Crippen LogP contribution < -0.4 is 0 Å². The van der Waals surface area contributed by atoms with Crippen molar-refractivity contribution in [2.45, 2.75) is 39.1 Å². The van der Waals surface area contributed by atoms with E-state index in [0.717, 1.165) is 11.3 Å². The molecule has 0 saturated carbocycles. The minimum atomic E-state index is -0.511. The van der Waals surface area contributed by atoms with Crippen molar-refractivity contribution in [2.75, 3.05) is 5.75 Å². The predicted molar refractivity (Wildman–Crippen MR) is 104 cm³/mol. The molecule has 1 saturated heterocycles. The molecule has 1 aromatic carbocycles. The second-order valence-electron chi connectivity index (χ2n) is 7.24. The van der Waals surface area contributed by atoms with Crippen LogP contribution in [0.25, 0.3) is 0 Å². The minimum Gasteiger partial charge on any atom is -0.507 e. The van der Waals surface area contributed by atoms with Crippen LogP contribution in [0.2, 0.25) is 0 Å². The lowest BCUT2D eigenvalue weighted by atomic mass is 9.92. The zero-order chi connectivity index (χ0) is 19.0. The van der Waals surface area contributed by atoms with Crippen LogP contribution in [0.15, 0.2) is 40.5 Å². The number of phenols is 1. The first kappa shape index (κ1) is 18.7. The van der Waals surface area contributed by atoms with Crippen molar-refractivity contribution in [1.29, 1.82) is 0 Å². The van der Waals surface area contributed by atoms with E-state index in [4.69, 9.17) is 0 Å². The van der Waals surface area contributed by atoms with Crippen molar-refractivity contribution in [3.63, 3.8) is 0 Å². The van der Waals surface area contributed by atoms with E-state index in [0.29, 0.717) is 11.3 Å². The molecule has 1 fully saturated rings. The number of nitrogens with zero attached hydrogens (tertiary/aromatic N) is 2. The highest BCUT2D eigenvalue weighted by molar-refractivity contribution is 8.00. The fourth-order valence-corrected chi connectivity index (χ4v) is 4.68. The van der Waals surface area contributed by atoms with Crippen molar-refractivity contribution in [3.8, 4) is 5.75 Å². The maximum atomic E-state index is 12.8. The number of allylic oxidation sites excluding steroid dienone is 1. The smallest absolute Gasteiger partial charge is 0.256 e. The fourth-order valence-electron chi connectivity index (χ4n) is 3.14. The average Bonchev–Trinajstić information content (AvgIpc) is 2.61. The fraction of sp³-hybridized carbons (Fsp3) is 0.450. The van der Waals surface area contributed by atoms with E-state index >= 15 is 0 Å². The Morgan fingerprint density at radius 3 is 2.62 bits per heavy atom. The molecule has 2 atom stereocenters. The molecule has 26 heavy (non-hydrogen) atoms. The summed E-state index contributed by atoms with van der Waals surface area (Å²) in [4.78, 5) is 31.5. The summed E-state index contributed by atoms with van der Waals surface area (Å²) < 4.78 is 0. The summed E-state index contributed by atoms with van der Waals surface area (Å²) in [6, 6.07) is 6.37. The number of aliphatic imine (C=N–C) groups is 1. The van der Waals surface area contributed by atoms with Crippen molar-refractivity contribution >= 4 is 29.7 Å². The molecular formula is C20H24N2O3S. The van der Waals surface area contributed by atoms with Crippen LogP contribution in [-0.4, -0.2) is 45.1 Å². The number of rotatable bonds is 5. The monoisotopic (exact) mass is 372 g/mol. The molecule has 138 valence electrons. The Labute approximate surface area is 158 Å². The molecule has 0 radical (unpaired) electrons. The maximum absolute atomic E-state index is 12.8. The number of phenolic OH excluding ortho intramolecular Hbond substituents is 1. The van der Waals surface area contributed by atoms with Gasteiger partial charge in [0.2, 0.25) is 0 Å². The second kappa shape index (κ2) is 7.27. The lowest BCUT2D eigenvalue weighted by Crippen LogP contribution is -2.64. The van der Waals surface area contributed by atoms with Gasteiger partial charge in [0.05, 0.1) is 5.70 Å². The van der Waals surface area contributed by atoms with E-state index in [1.165, 1.54) is 0 Å². The highest BCUT2D eigenvalue weighted by Gasteiger charge is 2.53. The number of carbonyl (C=O) groups is 2. The largest absolute Gasteiger partial charge is 0.507 e. The van der Waals surface area contributed by atoms with E-state index in [1.54, 1.807) is 41.1 Å². The van der Waals surface area contributed by atoms with Crippen LogP contribution >= 0.6 is 11.8 Å². The van der Waals surface area contributed by atoms with Crippen LogP contribution in [0.3, 0.4) is 0 Å². The van der Waals surface area contributed by atoms with E-state index in [-0.39, 0.29) is 34.6 Å². The van der Waals surface area contributed by atoms with Crippen LogP contribution in [0.1, 0.15) is 33.3 Å². The third-order valence-corrected chi connectivity index (χ3v) is 6.02. The number of amides is 1. The molecule has 0 spiro atoms. The summed E-state index contributed by atoms with van der Waals surface area (Å²) in [5, 5.41) is 9.69. The average molecular weight is 372 g/mol. The van der Waals surface area contributed by atoms with Crippen LogP contribution in [0.5, 0.6) is 5.75 Å². The molecule has 1 N–H and O–H groups in total. The van der Waals surface area contributed by atoms with Crippen molar-refractivity contribution in [1.82, 2.24) is 4.90 Å². The lowest BCUT2D eigenvalue weighted by molar-refractivity contribution is -0.143. The highest BCUT2D eigenvalue weighted by atomic mass is 32.2. The molecule has 1 amide bonds. The SMILES string of the molecule is CC(C)C(=O)C1=C(C(C)C)CS[C@@H]2[C@H](N=Cc3ccccc3O)C(=O)N12. The zero-order valence-corrected chi connectivity index (χ0v) is 16.3. The van der Waals surface area contributed by atoms with Gasteiger partial charge in [0.15, 0.2) is 11.8 Å². The van der Waals surface area contributed by atoms with E-state index in [1.807, 2.05) is 19.9 Å². The first-order chi connectivity index (χ1) is 12.3. The number of Topliss-reactive ketones (excluding diaryl/α,β-unsaturated/α-hetero) is 1. The van der Waals surface area contributed by atoms with Gasteiger partial charge in [-0.15, -0.1) is 11.8 Å². The number of carbonyl (C=O) groups excluding carboxylic acids is 2. The van der Waals surface area contributed by atoms with Gasteiger partial charge in [-0.1, -0.05) is 39.8 Å². The summed E-state index contributed by atoms with van der Waals surface area (Å²) in [5.74, 6) is 0.819. The molecule has 2 aliphatic rings. The summed E-state index contributed by atoms with van der Waals surface area (Å²) in [5.41, 5.74) is 2.20. The minimum absolute atomic E-state index is 0.0236. The molecule has 0 unspecified atom stereocenters. The number of hydrogen-bond donors (Lipinski definition) is 1. The van der Waals surface area contributed by atoms with Gasteiger partial charge in [-0.3, -0.25) is 19.5 Å². The third kappa shape index (κ3) is 3.18. The summed E-state index contributed by atoms with van der Waals surface area (Å²) >= 11 is 1.65.